The van der Waals surface area contributed by atoms with E-state index in [0.717, 1.165) is 12.3 Å². The quantitative estimate of drug-likeness (QED) is 0.660. The van der Waals surface area contributed by atoms with Gasteiger partial charge in [0.2, 0.25) is 5.91 Å². The smallest absolute Gasteiger partial charge is 0.221 e. The number of amides is 1. The molecule has 2 rings (SSSR count). The van der Waals surface area contributed by atoms with E-state index >= 15 is 0 Å². The molecule has 0 aromatic rings. The summed E-state index contributed by atoms with van der Waals surface area (Å²) >= 11 is 0. The number of nitrogens with two attached hydrogens (primary N) is 1. The van der Waals surface area contributed by atoms with E-state index < -0.39 is 0 Å². The Labute approximate surface area is 79.9 Å². The van der Waals surface area contributed by atoms with Gasteiger partial charge in [0.15, 0.2) is 0 Å². The van der Waals surface area contributed by atoms with Gasteiger partial charge < -0.3 is 5.73 Å². The molecule has 2 bridgehead atoms. The van der Waals surface area contributed by atoms with Crippen LogP contribution in [0.25, 0.3) is 0 Å². The van der Waals surface area contributed by atoms with E-state index in [0.29, 0.717) is 5.41 Å². The summed E-state index contributed by atoms with van der Waals surface area (Å²) in [5.41, 5.74) is 5.93. The summed E-state index contributed by atoms with van der Waals surface area (Å²) < 4.78 is 0. The molecule has 13 heavy (non-hydrogen) atoms. The molecule has 2 fully saturated rings. The molecule has 2 heteroatoms. The lowest BCUT2D eigenvalue weighted by atomic mass is 9.66. The van der Waals surface area contributed by atoms with E-state index in [1.165, 1.54) is 12.8 Å². The fraction of sp³-hybridized carbons (Fsp3) is 0.909. The van der Waals surface area contributed by atoms with Crippen LogP contribution in [0.3, 0.4) is 0 Å². The Balaban J connectivity index is 2.38. The van der Waals surface area contributed by atoms with Crippen LogP contribution in [0, 0.1) is 22.7 Å². The van der Waals surface area contributed by atoms with E-state index in [2.05, 4.69) is 20.8 Å². The van der Waals surface area contributed by atoms with Gasteiger partial charge in [-0.15, -0.1) is 0 Å². The second kappa shape index (κ2) is 2.28. The molecule has 0 aromatic carbocycles. The first kappa shape index (κ1) is 9.04. The van der Waals surface area contributed by atoms with Crippen LogP contribution < -0.4 is 5.73 Å². The monoisotopic (exact) mass is 181 g/mol. The highest BCUT2D eigenvalue weighted by Gasteiger charge is 2.62. The summed E-state index contributed by atoms with van der Waals surface area (Å²) in [6.45, 7) is 6.84. The number of carbonyl (C=O) groups is 1. The fourth-order valence-corrected chi connectivity index (χ4v) is 3.63. The van der Waals surface area contributed by atoms with Gasteiger partial charge in [-0.1, -0.05) is 20.8 Å². The zero-order chi connectivity index (χ0) is 9.85. The molecule has 0 aromatic heterocycles. The Morgan fingerprint density at radius 2 is 2.00 bits per heavy atom. The second-order valence-electron chi connectivity index (χ2n) is 5.57. The third-order valence-corrected chi connectivity index (χ3v) is 5.14. The molecule has 0 aliphatic heterocycles. The molecule has 2 N–H and O–H groups in total. The van der Waals surface area contributed by atoms with Crippen LogP contribution in [0.1, 0.15) is 40.0 Å². The molecule has 0 heterocycles. The molecule has 1 amide bonds. The normalized spacial score (nSPS) is 46.7. The Kier molecular flexibility index (Phi) is 1.59. The van der Waals surface area contributed by atoms with Gasteiger partial charge in [0.05, 0.1) is 0 Å². The highest BCUT2D eigenvalue weighted by Crippen LogP contribution is 2.67. The maximum atomic E-state index is 11.3. The van der Waals surface area contributed by atoms with Crippen molar-refractivity contribution >= 4 is 5.91 Å². The summed E-state index contributed by atoms with van der Waals surface area (Å²) in [5, 5.41) is 0. The van der Waals surface area contributed by atoms with Gasteiger partial charge in [0, 0.05) is 5.92 Å². The first-order chi connectivity index (χ1) is 5.89. The van der Waals surface area contributed by atoms with Gasteiger partial charge in [0.1, 0.15) is 0 Å². The number of carbonyl (C=O) groups excluding carboxylic acids is 1. The van der Waals surface area contributed by atoms with Crippen molar-refractivity contribution in [1.82, 2.24) is 0 Å². The molecule has 2 aliphatic carbocycles. The maximum Gasteiger partial charge on any atom is 0.221 e. The average Bonchev–Trinajstić information content (AvgIpc) is 2.34. The molecule has 0 spiro atoms. The molecular weight excluding hydrogens is 162 g/mol. The van der Waals surface area contributed by atoms with Crippen LogP contribution in [0.4, 0.5) is 0 Å². The molecule has 3 atom stereocenters. The lowest BCUT2D eigenvalue weighted by molar-refractivity contribution is -0.126. The van der Waals surface area contributed by atoms with E-state index in [4.69, 9.17) is 5.73 Å². The Bertz CT molecular complexity index is 259. The Hall–Kier alpha value is -0.530. The average molecular weight is 181 g/mol. The van der Waals surface area contributed by atoms with Crippen LogP contribution in [-0.2, 0) is 4.79 Å². The van der Waals surface area contributed by atoms with Crippen molar-refractivity contribution in [3.8, 4) is 0 Å². The number of rotatable bonds is 1. The first-order valence-corrected chi connectivity index (χ1v) is 5.19. The van der Waals surface area contributed by atoms with E-state index in [-0.39, 0.29) is 17.2 Å². The highest BCUT2D eigenvalue weighted by atomic mass is 16.1. The van der Waals surface area contributed by atoms with Crippen LogP contribution in [0.2, 0.25) is 0 Å². The summed E-state index contributed by atoms with van der Waals surface area (Å²) in [6.07, 6.45) is 3.49. The predicted octanol–water partition coefficient (Wildman–Crippen LogP) is 1.93. The summed E-state index contributed by atoms with van der Waals surface area (Å²) in [5.74, 6) is 0.758. The first-order valence-electron chi connectivity index (χ1n) is 5.19. The minimum atomic E-state index is -0.0854. The van der Waals surface area contributed by atoms with Crippen molar-refractivity contribution in [3.05, 3.63) is 0 Å². The summed E-state index contributed by atoms with van der Waals surface area (Å²) in [4.78, 5) is 11.3. The van der Waals surface area contributed by atoms with Crippen molar-refractivity contribution in [2.45, 2.75) is 40.0 Å². The van der Waals surface area contributed by atoms with Crippen LogP contribution in [0.5, 0.6) is 0 Å². The SMILES string of the molecule is CC1(C)[C@H]2CC[C@@]1(C)[C@H](C(N)=O)C2. The van der Waals surface area contributed by atoms with Crippen LogP contribution >= 0.6 is 0 Å². The number of fused-ring (bicyclic) bond motifs is 2. The van der Waals surface area contributed by atoms with Gasteiger partial charge in [-0.3, -0.25) is 4.79 Å². The molecule has 74 valence electrons. The van der Waals surface area contributed by atoms with Gasteiger partial charge in [0.25, 0.3) is 0 Å². The predicted molar refractivity (Wildman–Crippen MR) is 51.9 cm³/mol. The summed E-state index contributed by atoms with van der Waals surface area (Å²) in [6, 6.07) is 0. The lowest BCUT2D eigenvalue weighted by Crippen LogP contribution is -2.39. The van der Waals surface area contributed by atoms with Crippen LogP contribution in [0.15, 0.2) is 0 Å². The van der Waals surface area contributed by atoms with Crippen molar-refractivity contribution in [2.24, 2.45) is 28.4 Å². The summed E-state index contributed by atoms with van der Waals surface area (Å²) in [7, 11) is 0. The molecule has 2 nitrogen and oxygen atoms in total. The molecule has 0 unspecified atom stereocenters. The van der Waals surface area contributed by atoms with Gasteiger partial charge in [-0.2, -0.15) is 0 Å². The van der Waals surface area contributed by atoms with Gasteiger partial charge >= 0.3 is 0 Å². The maximum absolute atomic E-state index is 11.3. The molecule has 0 radical (unpaired) electrons. The van der Waals surface area contributed by atoms with E-state index in [1.54, 1.807) is 0 Å². The minimum absolute atomic E-state index is 0.0854. The topological polar surface area (TPSA) is 43.1 Å². The minimum Gasteiger partial charge on any atom is -0.369 e. The van der Waals surface area contributed by atoms with Crippen molar-refractivity contribution in [2.75, 3.05) is 0 Å². The molecular formula is C11H19NO. The van der Waals surface area contributed by atoms with Gasteiger partial charge in [-0.25, -0.2) is 0 Å². The Morgan fingerprint density at radius 3 is 2.23 bits per heavy atom. The standard InChI is InChI=1S/C11H19NO/c1-10(2)7-4-5-11(10,3)8(6-7)9(12)13/h7-8H,4-6H2,1-3H3,(H2,12,13)/t7-,8-,11-/m0/s1. The van der Waals surface area contributed by atoms with Crippen LogP contribution in [-0.4, -0.2) is 5.91 Å². The third-order valence-electron chi connectivity index (χ3n) is 5.14. The molecule has 2 aliphatic rings. The third kappa shape index (κ3) is 0.866. The molecule has 2 saturated carbocycles. The Morgan fingerprint density at radius 1 is 1.38 bits per heavy atom. The zero-order valence-corrected chi connectivity index (χ0v) is 8.76. The molecule has 0 saturated heterocycles. The van der Waals surface area contributed by atoms with Crippen molar-refractivity contribution < 1.29 is 4.79 Å². The second-order valence-corrected chi connectivity index (χ2v) is 5.57. The van der Waals surface area contributed by atoms with Crippen molar-refractivity contribution in [1.29, 1.82) is 0 Å². The van der Waals surface area contributed by atoms with E-state index in [9.17, 15) is 4.79 Å². The number of hydrogen-bond acceptors (Lipinski definition) is 1. The largest absolute Gasteiger partial charge is 0.369 e. The fourth-order valence-electron chi connectivity index (χ4n) is 3.63. The number of hydrogen-bond donors (Lipinski definition) is 1. The van der Waals surface area contributed by atoms with Gasteiger partial charge in [-0.05, 0) is 36.0 Å². The van der Waals surface area contributed by atoms with E-state index in [1.807, 2.05) is 0 Å². The highest BCUT2D eigenvalue weighted by molar-refractivity contribution is 5.78. The lowest BCUT2D eigenvalue weighted by Gasteiger charge is -2.37. The zero-order valence-electron chi connectivity index (χ0n) is 8.76. The number of primary amides is 1. The van der Waals surface area contributed by atoms with Crippen molar-refractivity contribution in [3.63, 3.8) is 0 Å².